The molecule has 0 unspecified atom stereocenters. The molecule has 0 fully saturated rings. The van der Waals surface area contributed by atoms with Gasteiger partial charge in [0.2, 0.25) is 0 Å². The van der Waals surface area contributed by atoms with Gasteiger partial charge in [-0.15, -0.1) is 0 Å². The van der Waals surface area contributed by atoms with E-state index in [1.807, 2.05) is 12.1 Å². The van der Waals surface area contributed by atoms with Crippen molar-refractivity contribution in [3.63, 3.8) is 0 Å². The van der Waals surface area contributed by atoms with Crippen molar-refractivity contribution in [2.75, 3.05) is 20.1 Å². The molecule has 3 rings (SSSR count). The van der Waals surface area contributed by atoms with Gasteiger partial charge in [-0.05, 0) is 17.6 Å². The zero-order chi connectivity index (χ0) is 18.4. The molecule has 0 aliphatic carbocycles. The molecule has 0 bridgehead atoms. The largest absolute Gasteiger partial charge is 0.352 e. The van der Waals surface area contributed by atoms with E-state index < -0.39 is 0 Å². The summed E-state index contributed by atoms with van der Waals surface area (Å²) in [5.74, 6) is 0.756. The lowest BCUT2D eigenvalue weighted by atomic mass is 10.00. The molecule has 1 heterocycles. The summed E-state index contributed by atoms with van der Waals surface area (Å²) in [6.45, 7) is 1.99. The smallest absolute Gasteiger partial charge is 0.274 e. The van der Waals surface area contributed by atoms with E-state index in [2.05, 4.69) is 45.6 Å². The van der Waals surface area contributed by atoms with E-state index >= 15 is 0 Å². The fourth-order valence-electron chi connectivity index (χ4n) is 3.12. The van der Waals surface area contributed by atoms with Crippen LogP contribution in [0.15, 0.2) is 65.7 Å². The number of rotatable bonds is 4. The molecule has 6 heteroatoms. The van der Waals surface area contributed by atoms with Gasteiger partial charge in [-0.2, -0.15) is 0 Å². The Bertz CT molecular complexity index is 831. The second kappa shape index (κ2) is 8.29. The quantitative estimate of drug-likeness (QED) is 0.397. The van der Waals surface area contributed by atoms with Crippen molar-refractivity contribution in [3.05, 3.63) is 81.9 Å². The molecule has 0 atom stereocenters. The zero-order valence-corrected chi connectivity index (χ0v) is 14.8. The van der Waals surface area contributed by atoms with Gasteiger partial charge < -0.3 is 10.2 Å². The zero-order valence-electron chi connectivity index (χ0n) is 14.8. The summed E-state index contributed by atoms with van der Waals surface area (Å²) in [5.41, 5.74) is 3.38. The maximum absolute atomic E-state index is 11.1. The van der Waals surface area contributed by atoms with E-state index in [9.17, 15) is 10.1 Å². The van der Waals surface area contributed by atoms with E-state index in [0.717, 1.165) is 25.5 Å². The number of nitro groups is 1. The van der Waals surface area contributed by atoms with Gasteiger partial charge in [-0.3, -0.25) is 15.1 Å². The Labute approximate surface area is 153 Å². The van der Waals surface area contributed by atoms with Gasteiger partial charge in [0.25, 0.3) is 5.69 Å². The van der Waals surface area contributed by atoms with E-state index in [4.69, 9.17) is 0 Å². The Hall–Kier alpha value is -3.15. The summed E-state index contributed by atoms with van der Waals surface area (Å²) in [4.78, 5) is 17.3. The van der Waals surface area contributed by atoms with Gasteiger partial charge in [-0.1, -0.05) is 54.6 Å². The normalized spacial score (nSPS) is 14.7. The van der Waals surface area contributed by atoms with Gasteiger partial charge >= 0.3 is 0 Å². The highest BCUT2D eigenvalue weighted by molar-refractivity contribution is 5.81. The molecule has 26 heavy (non-hydrogen) atoms. The standard InChI is InChI=1S/C20H22N4O2/c1-21-20(22-15-18-9-5-6-10-19(18)24(25)26)23-13-11-17(12-14-23)16-7-3-2-4-8-16/h2-11H,12-15H2,1H3,(H,21,22). The van der Waals surface area contributed by atoms with Crippen LogP contribution in [0.3, 0.4) is 0 Å². The van der Waals surface area contributed by atoms with E-state index in [-0.39, 0.29) is 10.6 Å². The van der Waals surface area contributed by atoms with Crippen LogP contribution >= 0.6 is 0 Å². The summed E-state index contributed by atoms with van der Waals surface area (Å²) in [6.07, 6.45) is 3.16. The fraction of sp³-hybridized carbons (Fsp3) is 0.250. The number of benzene rings is 2. The minimum Gasteiger partial charge on any atom is -0.352 e. The predicted octanol–water partition coefficient (Wildman–Crippen LogP) is 3.46. The van der Waals surface area contributed by atoms with Crippen LogP contribution in [0.2, 0.25) is 0 Å². The average Bonchev–Trinajstić information content (AvgIpc) is 2.70. The summed E-state index contributed by atoms with van der Waals surface area (Å²) < 4.78 is 0. The number of hydrogen-bond donors (Lipinski definition) is 1. The molecule has 1 aliphatic heterocycles. The van der Waals surface area contributed by atoms with Crippen molar-refractivity contribution in [1.29, 1.82) is 0 Å². The molecule has 0 aromatic heterocycles. The first-order valence-electron chi connectivity index (χ1n) is 8.61. The van der Waals surface area contributed by atoms with E-state index in [1.165, 1.54) is 17.2 Å². The Morgan fingerprint density at radius 2 is 1.92 bits per heavy atom. The van der Waals surface area contributed by atoms with Crippen LogP contribution in [0.4, 0.5) is 5.69 Å². The molecule has 1 aliphatic rings. The Balaban J connectivity index is 1.64. The predicted molar refractivity (Wildman–Crippen MR) is 104 cm³/mol. The van der Waals surface area contributed by atoms with Crippen molar-refractivity contribution in [2.24, 2.45) is 4.99 Å². The van der Waals surface area contributed by atoms with Crippen LogP contribution in [-0.2, 0) is 6.54 Å². The number of nitro benzene ring substituents is 1. The van der Waals surface area contributed by atoms with Crippen molar-refractivity contribution >= 4 is 17.2 Å². The monoisotopic (exact) mass is 350 g/mol. The van der Waals surface area contributed by atoms with Crippen LogP contribution in [0.1, 0.15) is 17.5 Å². The van der Waals surface area contributed by atoms with Crippen LogP contribution in [0.25, 0.3) is 5.57 Å². The molecule has 0 amide bonds. The molecule has 0 saturated carbocycles. The van der Waals surface area contributed by atoms with Gasteiger partial charge in [-0.25, -0.2) is 0 Å². The number of nitrogens with zero attached hydrogens (tertiary/aromatic N) is 3. The molecule has 1 N–H and O–H groups in total. The summed E-state index contributed by atoms with van der Waals surface area (Å²) in [7, 11) is 1.73. The highest BCUT2D eigenvalue weighted by atomic mass is 16.6. The maximum Gasteiger partial charge on any atom is 0.274 e. The van der Waals surface area contributed by atoms with Crippen LogP contribution in [0.5, 0.6) is 0 Å². The van der Waals surface area contributed by atoms with Gasteiger partial charge in [0.1, 0.15) is 0 Å². The highest BCUT2D eigenvalue weighted by Gasteiger charge is 2.17. The first kappa shape index (κ1) is 17.7. The topological polar surface area (TPSA) is 70.8 Å². The van der Waals surface area contributed by atoms with Crippen LogP contribution in [-0.4, -0.2) is 35.9 Å². The number of hydrogen-bond acceptors (Lipinski definition) is 3. The first-order valence-corrected chi connectivity index (χ1v) is 8.61. The van der Waals surface area contributed by atoms with Crippen LogP contribution in [0, 0.1) is 10.1 Å². The molecule has 2 aromatic carbocycles. The van der Waals surface area contributed by atoms with Gasteiger partial charge in [0.05, 0.1) is 4.92 Å². The second-order valence-corrected chi connectivity index (χ2v) is 6.08. The van der Waals surface area contributed by atoms with Crippen molar-refractivity contribution in [3.8, 4) is 0 Å². The second-order valence-electron chi connectivity index (χ2n) is 6.08. The maximum atomic E-state index is 11.1. The third-order valence-corrected chi connectivity index (χ3v) is 4.49. The van der Waals surface area contributed by atoms with Crippen molar-refractivity contribution in [1.82, 2.24) is 10.2 Å². The number of nitrogens with one attached hydrogen (secondary N) is 1. The molecule has 0 radical (unpaired) electrons. The summed E-state index contributed by atoms with van der Waals surface area (Å²) in [6, 6.07) is 17.2. The number of guanidine groups is 1. The molecule has 134 valence electrons. The van der Waals surface area contributed by atoms with Crippen LogP contribution < -0.4 is 5.32 Å². The average molecular weight is 350 g/mol. The SMILES string of the molecule is CN=C(NCc1ccccc1[N+](=O)[O-])N1CC=C(c2ccccc2)CC1. The minimum absolute atomic E-state index is 0.125. The summed E-state index contributed by atoms with van der Waals surface area (Å²) >= 11 is 0. The molecule has 2 aromatic rings. The molecule has 6 nitrogen and oxygen atoms in total. The lowest BCUT2D eigenvalue weighted by Gasteiger charge is -2.29. The van der Waals surface area contributed by atoms with Gasteiger partial charge in [0.15, 0.2) is 5.96 Å². The van der Waals surface area contributed by atoms with Crippen molar-refractivity contribution in [2.45, 2.75) is 13.0 Å². The first-order chi connectivity index (χ1) is 12.7. The lowest BCUT2D eigenvalue weighted by Crippen LogP contribution is -2.43. The third kappa shape index (κ3) is 4.08. The Kier molecular flexibility index (Phi) is 5.63. The van der Waals surface area contributed by atoms with Crippen molar-refractivity contribution < 1.29 is 4.92 Å². The van der Waals surface area contributed by atoms with Gasteiger partial charge in [0, 0.05) is 38.3 Å². The number of para-hydroxylation sites is 1. The van der Waals surface area contributed by atoms with E-state index in [1.54, 1.807) is 19.2 Å². The van der Waals surface area contributed by atoms with E-state index in [0.29, 0.717) is 12.1 Å². The Morgan fingerprint density at radius 3 is 2.58 bits per heavy atom. The molecule has 0 spiro atoms. The lowest BCUT2D eigenvalue weighted by molar-refractivity contribution is -0.385. The minimum atomic E-state index is -0.352. The number of aliphatic imine (C=N–C) groups is 1. The molecule has 0 saturated heterocycles. The molecular formula is C20H22N4O2. The third-order valence-electron chi connectivity index (χ3n) is 4.49. The highest BCUT2D eigenvalue weighted by Crippen LogP contribution is 2.22. The summed E-state index contributed by atoms with van der Waals surface area (Å²) in [5, 5.41) is 14.4. The molecular weight excluding hydrogens is 328 g/mol. The Morgan fingerprint density at radius 1 is 1.19 bits per heavy atom. The fourth-order valence-corrected chi connectivity index (χ4v) is 3.12.